The average molecular weight is 165 g/mol. The number of amides is 1. The summed E-state index contributed by atoms with van der Waals surface area (Å²) >= 11 is 0. The van der Waals surface area contributed by atoms with E-state index in [2.05, 4.69) is 4.74 Å². The molecule has 1 heterocycles. The minimum Gasteiger partial charge on any atom is -0.418 e. The second-order valence-corrected chi connectivity index (χ2v) is 2.29. The van der Waals surface area contributed by atoms with Crippen LogP contribution in [0.3, 0.4) is 0 Å². The molecule has 2 rings (SSSR count). The summed E-state index contributed by atoms with van der Waals surface area (Å²) in [6, 6.07) is 9.05. The molecule has 1 aliphatic heterocycles. The Kier molecular flexibility index (Phi) is 1.68. The maximum atomic E-state index is 11.0. The van der Waals surface area contributed by atoms with Crippen LogP contribution in [0.1, 0.15) is 0 Å². The van der Waals surface area contributed by atoms with Gasteiger partial charge in [-0.3, -0.25) is 0 Å². The topological polar surface area (TPSA) is 38.8 Å². The number of para-hydroxylation sites is 1. The maximum Gasteiger partial charge on any atom is 0.441 e. The predicted octanol–water partition coefficient (Wildman–Crippen LogP) is 1.53. The van der Waals surface area contributed by atoms with E-state index >= 15 is 0 Å². The first kappa shape index (κ1) is 7.12. The summed E-state index contributed by atoms with van der Waals surface area (Å²) in [7, 11) is 0. The summed E-state index contributed by atoms with van der Waals surface area (Å²) in [6.45, 7) is -0.00622. The lowest BCUT2D eigenvalue weighted by Gasteiger charge is -2.08. The summed E-state index contributed by atoms with van der Waals surface area (Å²) < 4.78 is 4.58. The third-order valence-corrected chi connectivity index (χ3v) is 1.52. The zero-order chi connectivity index (χ0) is 8.39. The molecule has 1 amide bonds. The molecule has 0 aromatic heterocycles. The molecule has 1 fully saturated rings. The fraction of sp³-hybridized carbons (Fsp3) is 0.125. The Hall–Kier alpha value is -1.55. The molecular weight excluding hydrogens is 158 g/mol. The summed E-state index contributed by atoms with van der Waals surface area (Å²) in [5, 5.41) is 1.12. The minimum atomic E-state index is -0.471. The Bertz CT molecular complexity index is 286. The lowest BCUT2D eigenvalue weighted by Crippen LogP contribution is -2.21. The molecule has 0 saturated carbocycles. The number of hydrogen-bond donors (Lipinski definition) is 0. The molecule has 0 bridgehead atoms. The Balaban J connectivity index is 2.25. The third-order valence-electron chi connectivity index (χ3n) is 1.52. The van der Waals surface area contributed by atoms with Gasteiger partial charge in [0.25, 0.3) is 0 Å². The molecule has 0 unspecified atom stereocenters. The smallest absolute Gasteiger partial charge is 0.418 e. The number of hydroxylamine groups is 1. The molecule has 4 heteroatoms. The molecule has 0 radical (unpaired) electrons. The Labute approximate surface area is 69.3 Å². The van der Waals surface area contributed by atoms with Crippen LogP contribution < -0.4 is 5.06 Å². The molecule has 1 aromatic carbocycles. The number of cyclic esters (lactones) is 1. The van der Waals surface area contributed by atoms with Gasteiger partial charge in [0.2, 0.25) is 6.79 Å². The normalized spacial score (nSPS) is 16.3. The number of rotatable bonds is 1. The van der Waals surface area contributed by atoms with Gasteiger partial charge in [0.05, 0.1) is 5.69 Å². The summed E-state index contributed by atoms with van der Waals surface area (Å²) in [6.07, 6.45) is -0.471. The summed E-state index contributed by atoms with van der Waals surface area (Å²) in [5.74, 6) is 0. The van der Waals surface area contributed by atoms with Crippen LogP contribution in [-0.4, -0.2) is 12.9 Å². The van der Waals surface area contributed by atoms with E-state index in [-0.39, 0.29) is 6.79 Å². The molecule has 1 aliphatic rings. The zero-order valence-corrected chi connectivity index (χ0v) is 6.27. The van der Waals surface area contributed by atoms with Crippen molar-refractivity contribution in [2.24, 2.45) is 0 Å². The lowest BCUT2D eigenvalue weighted by atomic mass is 10.3. The fourth-order valence-electron chi connectivity index (χ4n) is 0.984. The van der Waals surface area contributed by atoms with E-state index < -0.39 is 6.09 Å². The number of ether oxygens (including phenoxy) is 1. The number of anilines is 1. The molecule has 0 N–H and O–H groups in total. The zero-order valence-electron chi connectivity index (χ0n) is 6.27. The molecule has 0 aliphatic carbocycles. The van der Waals surface area contributed by atoms with Crippen LogP contribution in [0.2, 0.25) is 0 Å². The highest BCUT2D eigenvalue weighted by Crippen LogP contribution is 2.18. The van der Waals surface area contributed by atoms with Gasteiger partial charge in [-0.15, -0.1) is 5.06 Å². The van der Waals surface area contributed by atoms with E-state index in [1.165, 1.54) is 0 Å². The van der Waals surface area contributed by atoms with Gasteiger partial charge in [0.1, 0.15) is 0 Å². The van der Waals surface area contributed by atoms with E-state index in [0.29, 0.717) is 5.69 Å². The Morgan fingerprint density at radius 1 is 1.25 bits per heavy atom. The van der Waals surface area contributed by atoms with Crippen LogP contribution in [-0.2, 0) is 9.57 Å². The van der Waals surface area contributed by atoms with Crippen molar-refractivity contribution in [1.82, 2.24) is 0 Å². The van der Waals surface area contributed by atoms with Gasteiger partial charge >= 0.3 is 6.09 Å². The first-order valence-corrected chi connectivity index (χ1v) is 3.53. The predicted molar refractivity (Wildman–Crippen MR) is 41.4 cm³/mol. The van der Waals surface area contributed by atoms with Gasteiger partial charge in [-0.1, -0.05) is 18.2 Å². The summed E-state index contributed by atoms with van der Waals surface area (Å²) in [5.41, 5.74) is 0.681. The van der Waals surface area contributed by atoms with Gasteiger partial charge in [0, 0.05) is 0 Å². The van der Waals surface area contributed by atoms with Gasteiger partial charge in [0.15, 0.2) is 0 Å². The maximum absolute atomic E-state index is 11.0. The highest BCUT2D eigenvalue weighted by Gasteiger charge is 2.24. The van der Waals surface area contributed by atoms with Gasteiger partial charge in [-0.25, -0.2) is 9.63 Å². The Morgan fingerprint density at radius 3 is 2.58 bits per heavy atom. The van der Waals surface area contributed by atoms with Crippen LogP contribution in [0.5, 0.6) is 0 Å². The third kappa shape index (κ3) is 1.12. The van der Waals surface area contributed by atoms with Crippen molar-refractivity contribution in [2.75, 3.05) is 11.9 Å². The molecule has 12 heavy (non-hydrogen) atoms. The van der Waals surface area contributed by atoms with Crippen LogP contribution in [0.15, 0.2) is 30.3 Å². The van der Waals surface area contributed by atoms with E-state index in [1.807, 2.05) is 18.2 Å². The fourth-order valence-corrected chi connectivity index (χ4v) is 0.984. The molecule has 0 spiro atoms. The van der Waals surface area contributed by atoms with Gasteiger partial charge in [-0.05, 0) is 12.1 Å². The number of carbonyl (C=O) groups excluding carboxylic acids is 1. The van der Waals surface area contributed by atoms with Crippen LogP contribution in [0.4, 0.5) is 10.5 Å². The van der Waals surface area contributed by atoms with Gasteiger partial charge < -0.3 is 4.74 Å². The van der Waals surface area contributed by atoms with E-state index in [4.69, 9.17) is 4.84 Å². The molecule has 1 aromatic rings. The van der Waals surface area contributed by atoms with Crippen LogP contribution in [0.25, 0.3) is 0 Å². The quantitative estimate of drug-likeness (QED) is 0.633. The van der Waals surface area contributed by atoms with Crippen LogP contribution in [0, 0.1) is 0 Å². The second kappa shape index (κ2) is 2.83. The lowest BCUT2D eigenvalue weighted by molar-refractivity contribution is 0.0704. The number of benzene rings is 1. The first-order valence-electron chi connectivity index (χ1n) is 3.53. The van der Waals surface area contributed by atoms with Crippen molar-refractivity contribution < 1.29 is 14.4 Å². The highest BCUT2D eigenvalue weighted by atomic mass is 16.9. The monoisotopic (exact) mass is 165 g/mol. The van der Waals surface area contributed by atoms with Crippen molar-refractivity contribution in [3.8, 4) is 0 Å². The SMILES string of the molecule is O=C1OCON1c1ccccc1. The van der Waals surface area contributed by atoms with Crippen molar-refractivity contribution >= 4 is 11.8 Å². The van der Waals surface area contributed by atoms with Gasteiger partial charge in [-0.2, -0.15) is 0 Å². The molecule has 62 valence electrons. The van der Waals surface area contributed by atoms with Crippen molar-refractivity contribution in [1.29, 1.82) is 0 Å². The second-order valence-electron chi connectivity index (χ2n) is 2.29. The van der Waals surface area contributed by atoms with E-state index in [9.17, 15) is 4.79 Å². The first-order chi connectivity index (χ1) is 5.88. The highest BCUT2D eigenvalue weighted by molar-refractivity contribution is 5.86. The average Bonchev–Trinajstić information content (AvgIpc) is 2.53. The van der Waals surface area contributed by atoms with Crippen molar-refractivity contribution in [3.05, 3.63) is 30.3 Å². The van der Waals surface area contributed by atoms with Crippen molar-refractivity contribution in [2.45, 2.75) is 0 Å². The number of nitrogens with zero attached hydrogens (tertiary/aromatic N) is 1. The molecular formula is C8H7NO3. The molecule has 0 atom stereocenters. The van der Waals surface area contributed by atoms with E-state index in [1.54, 1.807) is 12.1 Å². The number of carbonyl (C=O) groups is 1. The van der Waals surface area contributed by atoms with E-state index in [0.717, 1.165) is 5.06 Å². The standard InChI is InChI=1S/C8H7NO3/c10-8-9(12-6-11-8)7-4-2-1-3-5-7/h1-5H,6H2. The summed E-state index contributed by atoms with van der Waals surface area (Å²) in [4.78, 5) is 15.9. The minimum absolute atomic E-state index is 0.00622. The Morgan fingerprint density at radius 2 is 2.00 bits per heavy atom. The molecule has 4 nitrogen and oxygen atoms in total. The number of hydrogen-bond acceptors (Lipinski definition) is 3. The van der Waals surface area contributed by atoms with Crippen LogP contribution >= 0.6 is 0 Å². The van der Waals surface area contributed by atoms with Crippen molar-refractivity contribution in [3.63, 3.8) is 0 Å². The molecule has 1 saturated heterocycles. The largest absolute Gasteiger partial charge is 0.441 e.